The Balaban J connectivity index is 0.000000641. The molecule has 4 rings (SSSR count). The first-order valence-electron chi connectivity index (χ1n) is 13.6. The van der Waals surface area contributed by atoms with Crippen LogP contribution in [0.5, 0.6) is 5.75 Å². The zero-order chi connectivity index (χ0) is 28.6. The van der Waals surface area contributed by atoms with Gasteiger partial charge in [-0.3, -0.25) is 0 Å². The van der Waals surface area contributed by atoms with E-state index >= 15 is 0 Å². The number of aliphatic hydroxyl groups is 1. The number of alkyl halides is 2. The predicted octanol–water partition coefficient (Wildman–Crippen LogP) is 4.79. The molecule has 1 aliphatic rings. The summed E-state index contributed by atoms with van der Waals surface area (Å²) < 4.78 is 8.27. The van der Waals surface area contributed by atoms with Crippen molar-refractivity contribution in [2.24, 2.45) is 0 Å². The fourth-order valence-electron chi connectivity index (χ4n) is 4.64. The van der Waals surface area contributed by atoms with Gasteiger partial charge >= 0.3 is 152 Å². The standard InChI is InChI=1S/C27H33ClINO3.C6H4Cl.U/c1-21-26(23-7-6-8-24(28)19-23)13-16-30(20-32)27(21)22-9-11-25(12-10-22)33-18-5-3-2-4-14-29-15-17-31;7-6-4-2-1-3-5-6;/h6-12,19,27,31H,2-5,13-18H2,1H3;2-5H;/q-2;-1;+2. The normalized spacial score (nSPS) is 14.6. The van der Waals surface area contributed by atoms with Gasteiger partial charge in [0.1, 0.15) is 0 Å². The van der Waals surface area contributed by atoms with Gasteiger partial charge in [0.05, 0.1) is 0 Å². The second kappa shape index (κ2) is 20.8. The molecule has 8 heteroatoms. The topological polar surface area (TPSA) is 49.8 Å². The smallest absolute Gasteiger partial charge is 0.184 e. The van der Waals surface area contributed by atoms with Gasteiger partial charge < -0.3 is 9.69 Å². The quantitative estimate of drug-likeness (QED) is 0.116. The van der Waals surface area contributed by atoms with Crippen molar-refractivity contribution < 1.29 is 67.0 Å². The maximum absolute atomic E-state index is 11.7. The number of carbonyl (C=O) groups excluding carboxylic acids is 1. The average molecular weight is 932 g/mol. The third-order valence-corrected chi connectivity index (χ3v) is 9.87. The first-order valence-corrected chi connectivity index (χ1v) is 17.4. The Morgan fingerprint density at radius 2 is 1.73 bits per heavy atom. The molecular weight excluding hydrogens is 894 g/mol. The van der Waals surface area contributed by atoms with Crippen LogP contribution in [0.15, 0.2) is 78.4 Å². The summed E-state index contributed by atoms with van der Waals surface area (Å²) in [5.74, 6) is 0.863. The molecule has 41 heavy (non-hydrogen) atoms. The molecule has 1 N–H and O–H groups in total. The van der Waals surface area contributed by atoms with E-state index in [1.165, 1.54) is 29.3 Å². The van der Waals surface area contributed by atoms with Crippen LogP contribution in [-0.4, -0.2) is 45.0 Å². The molecule has 1 atom stereocenters. The van der Waals surface area contributed by atoms with Crippen molar-refractivity contribution in [3.05, 3.63) is 106 Å². The maximum Gasteiger partial charge on any atom is 2.00 e. The number of unbranched alkanes of at least 4 members (excludes halogenated alkanes) is 3. The van der Waals surface area contributed by atoms with Crippen LogP contribution in [0.3, 0.4) is 0 Å². The zero-order valence-corrected chi connectivity index (χ0v) is 31.3. The summed E-state index contributed by atoms with van der Waals surface area (Å²) in [5.41, 5.74) is 4.58. The Morgan fingerprint density at radius 1 is 1.00 bits per heavy atom. The summed E-state index contributed by atoms with van der Waals surface area (Å²) in [6.07, 6.45) is 7.69. The Labute approximate surface area is 289 Å². The van der Waals surface area contributed by atoms with E-state index in [0.717, 1.165) is 56.4 Å². The van der Waals surface area contributed by atoms with Gasteiger partial charge in [-0.25, -0.2) is 0 Å². The minimum Gasteiger partial charge on any atom is -0.184 e. The van der Waals surface area contributed by atoms with Crippen molar-refractivity contribution in [3.63, 3.8) is 0 Å². The number of hydrogen-bond donors (Lipinski definition) is 1. The first kappa shape index (κ1) is 36.2. The molecule has 3 aromatic carbocycles. The van der Waals surface area contributed by atoms with Gasteiger partial charge in [-0.2, -0.15) is 36.7 Å². The Bertz CT molecular complexity index is 1190. The molecule has 3 aromatic rings. The summed E-state index contributed by atoms with van der Waals surface area (Å²) >= 11 is 11.9. The molecule has 1 heterocycles. The first-order chi connectivity index (χ1) is 19.5. The van der Waals surface area contributed by atoms with Crippen LogP contribution in [0.1, 0.15) is 56.2 Å². The number of ether oxygens (including phenoxy) is 1. The Kier molecular flexibility index (Phi) is 18.4. The Hall–Kier alpha value is -1.01. The second-order valence-corrected chi connectivity index (χ2v) is 13.6. The average Bonchev–Trinajstić information content (AvgIpc) is 2.97. The fourth-order valence-corrected chi connectivity index (χ4v) is 6.91. The van der Waals surface area contributed by atoms with Gasteiger partial charge in [-0.05, 0) is 48.7 Å². The van der Waals surface area contributed by atoms with Crippen molar-refractivity contribution in [2.75, 3.05) is 28.6 Å². The third-order valence-electron chi connectivity index (χ3n) is 6.61. The molecule has 0 fully saturated rings. The number of nitrogens with zero attached hydrogens (tertiary/aromatic N) is 1. The molecular formula is C33H37Cl2INO3U-. The van der Waals surface area contributed by atoms with Crippen molar-refractivity contribution in [2.45, 2.75) is 45.1 Å². The van der Waals surface area contributed by atoms with E-state index in [2.05, 4.69) is 37.6 Å². The second-order valence-electron chi connectivity index (χ2n) is 9.45. The number of amides is 1. The van der Waals surface area contributed by atoms with Gasteiger partial charge in [0, 0.05) is 5.02 Å². The summed E-state index contributed by atoms with van der Waals surface area (Å²) in [7, 11) is 0. The van der Waals surface area contributed by atoms with Crippen LogP contribution in [-0.2, 0) is 4.79 Å². The number of rotatable bonds is 13. The number of aliphatic hydroxyl groups excluding tert-OH is 1. The molecule has 1 amide bonds. The SMILES string of the molecule is CC1=C(c2cccc(Cl)c2)CCN([C-]=O)C1c1ccc(OCCCCCC[I-]CCO)cc1.Clc1cc[c-]cc1.[U+2]. The minimum atomic E-state index is -0.132. The van der Waals surface area contributed by atoms with Crippen LogP contribution in [0.4, 0.5) is 0 Å². The molecule has 0 radical (unpaired) electrons. The molecule has 0 spiro atoms. The third kappa shape index (κ3) is 12.6. The van der Waals surface area contributed by atoms with E-state index < -0.39 is 0 Å². The fraction of sp³-hybridized carbons (Fsp3) is 0.364. The number of benzene rings is 3. The van der Waals surface area contributed by atoms with Crippen LogP contribution in [0, 0.1) is 37.2 Å². The summed E-state index contributed by atoms with van der Waals surface area (Å²) in [6.45, 7) is 3.81. The molecule has 0 aliphatic carbocycles. The zero-order valence-electron chi connectivity index (χ0n) is 23.4. The molecule has 0 aromatic heterocycles. The number of hydrogen-bond acceptors (Lipinski definition) is 3. The largest absolute Gasteiger partial charge is 2.00 e. The predicted molar refractivity (Wildman–Crippen MR) is 161 cm³/mol. The summed E-state index contributed by atoms with van der Waals surface area (Å²) in [5, 5.41) is 10.3. The summed E-state index contributed by atoms with van der Waals surface area (Å²) in [4.78, 5) is 13.4. The van der Waals surface area contributed by atoms with Gasteiger partial charge in [-0.1, -0.05) is 28.8 Å². The monoisotopic (exact) mass is 930 g/mol. The Morgan fingerprint density at radius 3 is 2.37 bits per heavy atom. The molecule has 4 nitrogen and oxygen atoms in total. The minimum absolute atomic E-state index is 0. The van der Waals surface area contributed by atoms with Gasteiger partial charge in [0.15, 0.2) is 0 Å². The van der Waals surface area contributed by atoms with E-state index in [4.69, 9.17) is 33.0 Å². The van der Waals surface area contributed by atoms with E-state index in [0.29, 0.717) is 13.2 Å². The van der Waals surface area contributed by atoms with Crippen molar-refractivity contribution in [3.8, 4) is 5.75 Å². The van der Waals surface area contributed by atoms with Crippen molar-refractivity contribution in [1.29, 1.82) is 0 Å². The van der Waals surface area contributed by atoms with E-state index in [-0.39, 0.29) is 58.4 Å². The molecule has 1 unspecified atom stereocenters. The molecule has 0 bridgehead atoms. The van der Waals surface area contributed by atoms with Gasteiger partial charge in [0.25, 0.3) is 0 Å². The van der Waals surface area contributed by atoms with Crippen LogP contribution >= 0.6 is 23.2 Å². The number of halogens is 3. The van der Waals surface area contributed by atoms with E-state index in [9.17, 15) is 4.79 Å². The van der Waals surface area contributed by atoms with Gasteiger partial charge in [0.2, 0.25) is 0 Å². The van der Waals surface area contributed by atoms with Crippen molar-refractivity contribution >= 4 is 35.2 Å². The van der Waals surface area contributed by atoms with Crippen LogP contribution < -0.4 is 25.9 Å². The summed E-state index contributed by atoms with van der Waals surface area (Å²) in [6, 6.07) is 25.9. The van der Waals surface area contributed by atoms with E-state index in [1.54, 1.807) is 29.2 Å². The molecule has 0 saturated carbocycles. The van der Waals surface area contributed by atoms with Crippen LogP contribution in [0.2, 0.25) is 10.0 Å². The van der Waals surface area contributed by atoms with Crippen LogP contribution in [0.25, 0.3) is 5.57 Å². The molecule has 0 saturated heterocycles. The molecule has 218 valence electrons. The molecule has 1 aliphatic heterocycles. The maximum atomic E-state index is 11.7. The van der Waals surface area contributed by atoms with Crippen molar-refractivity contribution in [1.82, 2.24) is 4.90 Å². The van der Waals surface area contributed by atoms with E-state index in [1.807, 2.05) is 30.3 Å². The van der Waals surface area contributed by atoms with Gasteiger partial charge in [-0.15, -0.1) is 11.6 Å².